The van der Waals surface area contributed by atoms with Gasteiger partial charge in [-0.2, -0.15) is 0 Å². The van der Waals surface area contributed by atoms with E-state index >= 15 is 0 Å². The third-order valence-electron chi connectivity index (χ3n) is 2.16. The average molecular weight is 232 g/mol. The van der Waals surface area contributed by atoms with Gasteiger partial charge in [-0.1, -0.05) is 13.3 Å². The fourth-order valence-electron chi connectivity index (χ4n) is 1.20. The minimum atomic E-state index is -1.03. The van der Waals surface area contributed by atoms with Gasteiger partial charge in [0.05, 0.1) is 6.04 Å². The average Bonchev–Trinajstić information content (AvgIpc) is 2.24. The van der Waals surface area contributed by atoms with Crippen molar-refractivity contribution in [3.8, 4) is 0 Å². The van der Waals surface area contributed by atoms with Crippen LogP contribution in [0.4, 0.5) is 0 Å². The first kappa shape index (κ1) is 14.9. The third kappa shape index (κ3) is 5.67. The summed E-state index contributed by atoms with van der Waals surface area (Å²) >= 11 is 0. The van der Waals surface area contributed by atoms with Crippen LogP contribution in [0.2, 0.25) is 0 Å². The van der Waals surface area contributed by atoms with Crippen molar-refractivity contribution in [2.75, 3.05) is 13.7 Å². The predicted octanol–water partition coefficient (Wildman–Crippen LogP) is -0.280. The number of ether oxygens (including phenoxy) is 1. The standard InChI is InChI=1S/C10H20N2O4/c1-3-4-8(10(14)15)12-9(13)7(11)5-6-16-2/h7-8H,3-6,11H2,1-2H3,(H,12,13)(H,14,15)/t7?,8-/m1/s1. The van der Waals surface area contributed by atoms with E-state index in [1.165, 1.54) is 7.11 Å². The third-order valence-corrected chi connectivity index (χ3v) is 2.16. The van der Waals surface area contributed by atoms with Gasteiger partial charge in [0.1, 0.15) is 6.04 Å². The van der Waals surface area contributed by atoms with Gasteiger partial charge in [-0.05, 0) is 12.8 Å². The zero-order chi connectivity index (χ0) is 12.6. The number of nitrogens with two attached hydrogens (primary N) is 1. The summed E-state index contributed by atoms with van der Waals surface area (Å²) in [5.41, 5.74) is 5.56. The van der Waals surface area contributed by atoms with Crippen molar-refractivity contribution in [2.45, 2.75) is 38.3 Å². The van der Waals surface area contributed by atoms with Gasteiger partial charge in [0, 0.05) is 13.7 Å². The summed E-state index contributed by atoms with van der Waals surface area (Å²) in [6.07, 6.45) is 1.46. The summed E-state index contributed by atoms with van der Waals surface area (Å²) in [5, 5.41) is 11.2. The van der Waals surface area contributed by atoms with Crippen molar-refractivity contribution in [3.63, 3.8) is 0 Å². The lowest BCUT2D eigenvalue weighted by Crippen LogP contribution is -2.48. The molecule has 94 valence electrons. The van der Waals surface area contributed by atoms with E-state index < -0.39 is 24.0 Å². The zero-order valence-electron chi connectivity index (χ0n) is 9.73. The van der Waals surface area contributed by atoms with Crippen LogP contribution in [-0.2, 0) is 14.3 Å². The fourth-order valence-corrected chi connectivity index (χ4v) is 1.20. The Morgan fingerprint density at radius 1 is 1.44 bits per heavy atom. The van der Waals surface area contributed by atoms with Crippen LogP contribution < -0.4 is 11.1 Å². The van der Waals surface area contributed by atoms with Crippen molar-refractivity contribution in [3.05, 3.63) is 0 Å². The van der Waals surface area contributed by atoms with Crippen LogP contribution in [-0.4, -0.2) is 42.8 Å². The van der Waals surface area contributed by atoms with Crippen molar-refractivity contribution in [2.24, 2.45) is 5.73 Å². The topological polar surface area (TPSA) is 102 Å². The number of hydrogen-bond donors (Lipinski definition) is 3. The Kier molecular flexibility index (Phi) is 7.49. The molecular formula is C10H20N2O4. The molecule has 0 radical (unpaired) electrons. The maximum absolute atomic E-state index is 11.5. The van der Waals surface area contributed by atoms with Crippen LogP contribution in [0.15, 0.2) is 0 Å². The van der Waals surface area contributed by atoms with Crippen LogP contribution in [0.25, 0.3) is 0 Å². The van der Waals surface area contributed by atoms with E-state index in [4.69, 9.17) is 15.6 Å². The summed E-state index contributed by atoms with van der Waals surface area (Å²) in [6.45, 7) is 2.23. The lowest BCUT2D eigenvalue weighted by Gasteiger charge is -2.16. The number of carboxylic acid groups (broad SMARTS) is 1. The maximum Gasteiger partial charge on any atom is 0.326 e. The Hall–Kier alpha value is -1.14. The predicted molar refractivity (Wildman–Crippen MR) is 58.9 cm³/mol. The largest absolute Gasteiger partial charge is 0.480 e. The smallest absolute Gasteiger partial charge is 0.326 e. The molecule has 4 N–H and O–H groups in total. The van der Waals surface area contributed by atoms with Crippen molar-refractivity contribution >= 4 is 11.9 Å². The molecule has 0 saturated carbocycles. The second kappa shape index (κ2) is 8.06. The van der Waals surface area contributed by atoms with Crippen LogP contribution in [0, 0.1) is 0 Å². The van der Waals surface area contributed by atoms with Crippen molar-refractivity contribution < 1.29 is 19.4 Å². The van der Waals surface area contributed by atoms with Gasteiger partial charge in [0.2, 0.25) is 5.91 Å². The number of rotatable bonds is 8. The Labute approximate surface area is 95.1 Å². The van der Waals surface area contributed by atoms with E-state index in [0.717, 1.165) is 0 Å². The molecule has 0 aliphatic heterocycles. The molecule has 0 saturated heterocycles. The quantitative estimate of drug-likeness (QED) is 0.534. The van der Waals surface area contributed by atoms with Gasteiger partial charge < -0.3 is 20.9 Å². The number of hydrogen-bond acceptors (Lipinski definition) is 4. The first-order valence-corrected chi connectivity index (χ1v) is 5.30. The molecule has 0 spiro atoms. The number of carbonyl (C=O) groups is 2. The Morgan fingerprint density at radius 2 is 2.06 bits per heavy atom. The molecule has 6 heteroatoms. The Balaban J connectivity index is 4.12. The maximum atomic E-state index is 11.5. The van der Waals surface area contributed by atoms with E-state index in [0.29, 0.717) is 25.9 Å². The van der Waals surface area contributed by atoms with Gasteiger partial charge in [-0.15, -0.1) is 0 Å². The summed E-state index contributed by atoms with van der Waals surface area (Å²) in [7, 11) is 1.52. The van der Waals surface area contributed by atoms with Crippen molar-refractivity contribution in [1.82, 2.24) is 5.32 Å². The normalized spacial score (nSPS) is 14.2. The molecule has 0 aliphatic rings. The molecule has 1 amide bonds. The number of carboxylic acids is 1. The molecule has 0 bridgehead atoms. The summed E-state index contributed by atoms with van der Waals surface area (Å²) in [5.74, 6) is -1.48. The molecule has 1 unspecified atom stereocenters. The second-order valence-corrected chi connectivity index (χ2v) is 3.58. The van der Waals surface area contributed by atoms with E-state index in [2.05, 4.69) is 5.32 Å². The highest BCUT2D eigenvalue weighted by molar-refractivity contribution is 5.86. The van der Waals surface area contributed by atoms with Crippen molar-refractivity contribution in [1.29, 1.82) is 0 Å². The molecule has 0 rings (SSSR count). The molecule has 0 aromatic heterocycles. The number of nitrogens with one attached hydrogen (secondary N) is 1. The van der Waals surface area contributed by atoms with Crippen LogP contribution >= 0.6 is 0 Å². The molecule has 0 aromatic carbocycles. The lowest BCUT2D eigenvalue weighted by atomic mass is 10.1. The van der Waals surface area contributed by atoms with Gasteiger partial charge >= 0.3 is 5.97 Å². The van der Waals surface area contributed by atoms with Gasteiger partial charge in [-0.3, -0.25) is 4.79 Å². The van der Waals surface area contributed by atoms with E-state index in [9.17, 15) is 9.59 Å². The molecule has 2 atom stereocenters. The number of carbonyl (C=O) groups excluding carboxylic acids is 1. The lowest BCUT2D eigenvalue weighted by molar-refractivity contribution is -0.142. The molecule has 0 aromatic rings. The minimum absolute atomic E-state index is 0.375. The molecule has 0 fully saturated rings. The highest BCUT2D eigenvalue weighted by Crippen LogP contribution is 1.98. The molecule has 6 nitrogen and oxygen atoms in total. The van der Waals surface area contributed by atoms with E-state index in [1.807, 2.05) is 6.92 Å². The summed E-state index contributed by atoms with van der Waals surface area (Å²) in [4.78, 5) is 22.3. The second-order valence-electron chi connectivity index (χ2n) is 3.58. The Morgan fingerprint density at radius 3 is 2.50 bits per heavy atom. The van der Waals surface area contributed by atoms with Gasteiger partial charge in [-0.25, -0.2) is 4.79 Å². The number of aliphatic carboxylic acids is 1. The number of methoxy groups -OCH3 is 1. The molecular weight excluding hydrogens is 212 g/mol. The first-order chi connectivity index (χ1) is 7.52. The van der Waals surface area contributed by atoms with E-state index in [-0.39, 0.29) is 0 Å². The monoisotopic (exact) mass is 232 g/mol. The highest BCUT2D eigenvalue weighted by atomic mass is 16.5. The zero-order valence-corrected chi connectivity index (χ0v) is 9.73. The summed E-state index contributed by atoms with van der Waals surface area (Å²) < 4.78 is 4.79. The molecule has 0 heterocycles. The fraction of sp³-hybridized carbons (Fsp3) is 0.800. The molecule has 0 aliphatic carbocycles. The number of amides is 1. The van der Waals surface area contributed by atoms with Crippen LogP contribution in [0.1, 0.15) is 26.2 Å². The minimum Gasteiger partial charge on any atom is -0.480 e. The van der Waals surface area contributed by atoms with Gasteiger partial charge in [0.25, 0.3) is 0 Å². The molecule has 16 heavy (non-hydrogen) atoms. The van der Waals surface area contributed by atoms with E-state index in [1.54, 1.807) is 0 Å². The van der Waals surface area contributed by atoms with Gasteiger partial charge in [0.15, 0.2) is 0 Å². The summed E-state index contributed by atoms with van der Waals surface area (Å²) in [6, 6.07) is -1.58. The first-order valence-electron chi connectivity index (χ1n) is 5.30. The Bertz CT molecular complexity index is 233. The van der Waals surface area contributed by atoms with Crippen LogP contribution in [0.3, 0.4) is 0 Å². The highest BCUT2D eigenvalue weighted by Gasteiger charge is 2.21. The van der Waals surface area contributed by atoms with Crippen LogP contribution in [0.5, 0.6) is 0 Å². The SMILES string of the molecule is CCC[C@@H](NC(=O)C(N)CCOC)C(=O)O.